The van der Waals surface area contributed by atoms with Gasteiger partial charge in [0.1, 0.15) is 6.29 Å². The van der Waals surface area contributed by atoms with Gasteiger partial charge in [0.2, 0.25) is 0 Å². The Bertz CT molecular complexity index is 560. The molecule has 1 N–H and O–H groups in total. The van der Waals surface area contributed by atoms with Gasteiger partial charge in [-0.15, -0.1) is 0 Å². The van der Waals surface area contributed by atoms with E-state index in [-0.39, 0.29) is 5.75 Å². The van der Waals surface area contributed by atoms with Crippen LogP contribution in [0.4, 0.5) is 0 Å². The molecule has 0 aliphatic carbocycles. The van der Waals surface area contributed by atoms with Gasteiger partial charge in [-0.25, -0.2) is 0 Å². The van der Waals surface area contributed by atoms with Crippen LogP contribution in [0, 0.1) is 0 Å². The SMILES string of the molecule is CC=Cc1ccc(O)c(OC)c1.O=Cc1ccccc1. The summed E-state index contributed by atoms with van der Waals surface area (Å²) < 4.78 is 4.95. The first-order valence-electron chi connectivity index (χ1n) is 6.21. The fraction of sp³-hybridized carbons (Fsp3) is 0.118. The fourth-order valence-corrected chi connectivity index (χ4v) is 1.52. The van der Waals surface area contributed by atoms with Crippen LogP contribution in [-0.4, -0.2) is 18.5 Å². The van der Waals surface area contributed by atoms with Crippen LogP contribution >= 0.6 is 0 Å². The highest BCUT2D eigenvalue weighted by Crippen LogP contribution is 2.26. The normalized spacial score (nSPS) is 9.70. The number of benzene rings is 2. The van der Waals surface area contributed by atoms with Gasteiger partial charge >= 0.3 is 0 Å². The van der Waals surface area contributed by atoms with Crippen molar-refractivity contribution in [1.82, 2.24) is 0 Å². The molecule has 0 fully saturated rings. The maximum atomic E-state index is 10.0. The molecule has 0 saturated heterocycles. The summed E-state index contributed by atoms with van der Waals surface area (Å²) in [6.07, 6.45) is 4.72. The van der Waals surface area contributed by atoms with Crippen LogP contribution in [0.2, 0.25) is 0 Å². The Balaban J connectivity index is 0.000000217. The third-order valence-corrected chi connectivity index (χ3v) is 2.50. The molecule has 0 atom stereocenters. The highest BCUT2D eigenvalue weighted by atomic mass is 16.5. The van der Waals surface area contributed by atoms with Crippen LogP contribution in [0.15, 0.2) is 54.6 Å². The summed E-state index contributed by atoms with van der Waals surface area (Å²) >= 11 is 0. The van der Waals surface area contributed by atoms with Crippen molar-refractivity contribution < 1.29 is 14.6 Å². The quantitative estimate of drug-likeness (QED) is 0.859. The van der Waals surface area contributed by atoms with Crippen molar-refractivity contribution in [2.24, 2.45) is 0 Å². The Morgan fingerprint density at radius 2 is 1.75 bits per heavy atom. The summed E-state index contributed by atoms with van der Waals surface area (Å²) in [7, 11) is 1.54. The molecule has 0 unspecified atom stereocenters. The number of aromatic hydroxyl groups is 1. The summed E-state index contributed by atoms with van der Waals surface area (Å²) in [5.41, 5.74) is 1.75. The van der Waals surface area contributed by atoms with Crippen LogP contribution in [0.1, 0.15) is 22.8 Å². The van der Waals surface area contributed by atoms with Crippen LogP contribution in [0.25, 0.3) is 6.08 Å². The lowest BCUT2D eigenvalue weighted by Crippen LogP contribution is -1.83. The van der Waals surface area contributed by atoms with Gasteiger partial charge in [-0.2, -0.15) is 0 Å². The number of carbonyl (C=O) groups excluding carboxylic acids is 1. The molecule has 2 rings (SSSR count). The van der Waals surface area contributed by atoms with Crippen molar-refractivity contribution in [2.45, 2.75) is 6.92 Å². The zero-order valence-electron chi connectivity index (χ0n) is 11.6. The number of carbonyl (C=O) groups is 1. The van der Waals surface area contributed by atoms with Crippen molar-refractivity contribution in [3.8, 4) is 11.5 Å². The maximum absolute atomic E-state index is 10.0. The molecule has 0 aliphatic heterocycles. The molecule has 3 nitrogen and oxygen atoms in total. The molecule has 0 saturated carbocycles. The van der Waals surface area contributed by atoms with Crippen molar-refractivity contribution >= 4 is 12.4 Å². The number of allylic oxidation sites excluding steroid dienone is 1. The molecule has 0 spiro atoms. The van der Waals surface area contributed by atoms with Gasteiger partial charge in [-0.3, -0.25) is 4.79 Å². The Morgan fingerprint density at radius 3 is 2.25 bits per heavy atom. The van der Waals surface area contributed by atoms with Crippen molar-refractivity contribution in [1.29, 1.82) is 0 Å². The summed E-state index contributed by atoms with van der Waals surface area (Å²) in [6, 6.07) is 14.3. The van der Waals surface area contributed by atoms with Gasteiger partial charge in [0.25, 0.3) is 0 Å². The molecule has 0 bridgehead atoms. The molecule has 0 aromatic heterocycles. The average Bonchev–Trinajstić information content (AvgIpc) is 2.51. The number of methoxy groups -OCH3 is 1. The van der Waals surface area contributed by atoms with Crippen LogP contribution in [0.3, 0.4) is 0 Å². The van der Waals surface area contributed by atoms with Crippen LogP contribution in [0.5, 0.6) is 11.5 Å². The Morgan fingerprint density at radius 1 is 1.05 bits per heavy atom. The van der Waals surface area contributed by atoms with E-state index in [2.05, 4.69) is 0 Å². The molecule has 3 heteroatoms. The molecule has 2 aromatic rings. The van der Waals surface area contributed by atoms with E-state index in [9.17, 15) is 9.90 Å². The standard InChI is InChI=1S/C10H12O2.C7H6O/c1-3-4-8-5-6-9(11)10(7-8)12-2;8-6-7-4-2-1-3-5-7/h3-7,11H,1-2H3;1-6H. The van der Waals surface area contributed by atoms with Crippen LogP contribution < -0.4 is 4.74 Å². The van der Waals surface area contributed by atoms with E-state index in [0.717, 1.165) is 17.4 Å². The summed E-state index contributed by atoms with van der Waals surface area (Å²) in [4.78, 5) is 10.0. The van der Waals surface area contributed by atoms with E-state index in [0.29, 0.717) is 5.75 Å². The number of ether oxygens (including phenoxy) is 1. The molecular weight excluding hydrogens is 252 g/mol. The first-order valence-corrected chi connectivity index (χ1v) is 6.21. The van der Waals surface area contributed by atoms with E-state index in [1.165, 1.54) is 7.11 Å². The second-order valence-electron chi connectivity index (χ2n) is 3.96. The predicted molar refractivity (Wildman–Crippen MR) is 81.2 cm³/mol. The lowest BCUT2D eigenvalue weighted by Gasteiger charge is -2.03. The predicted octanol–water partition coefficient (Wildman–Crippen LogP) is 3.93. The third-order valence-electron chi connectivity index (χ3n) is 2.50. The third kappa shape index (κ3) is 4.98. The van der Waals surface area contributed by atoms with Gasteiger partial charge in [0, 0.05) is 5.56 Å². The second-order valence-corrected chi connectivity index (χ2v) is 3.96. The fourth-order valence-electron chi connectivity index (χ4n) is 1.52. The Labute approximate surface area is 119 Å². The summed E-state index contributed by atoms with van der Waals surface area (Å²) in [6.45, 7) is 1.94. The number of phenolic OH excluding ortho intramolecular Hbond substituents is 1. The highest BCUT2D eigenvalue weighted by Gasteiger charge is 1.99. The van der Waals surface area contributed by atoms with E-state index in [4.69, 9.17) is 4.74 Å². The largest absolute Gasteiger partial charge is 0.504 e. The number of aldehydes is 1. The lowest BCUT2D eigenvalue weighted by molar-refractivity contribution is 0.112. The second kappa shape index (κ2) is 8.53. The van der Waals surface area contributed by atoms with Crippen LogP contribution in [-0.2, 0) is 0 Å². The smallest absolute Gasteiger partial charge is 0.161 e. The first-order chi connectivity index (χ1) is 9.71. The molecule has 0 radical (unpaired) electrons. The number of phenols is 1. The Hall–Kier alpha value is -2.55. The molecule has 2 aromatic carbocycles. The zero-order valence-corrected chi connectivity index (χ0v) is 11.6. The minimum Gasteiger partial charge on any atom is -0.504 e. The molecular formula is C17H18O3. The summed E-state index contributed by atoms with van der Waals surface area (Å²) in [5, 5.41) is 9.25. The van der Waals surface area contributed by atoms with E-state index >= 15 is 0 Å². The molecule has 0 heterocycles. The monoisotopic (exact) mass is 270 g/mol. The van der Waals surface area contributed by atoms with E-state index < -0.39 is 0 Å². The number of rotatable bonds is 3. The van der Waals surface area contributed by atoms with Crippen molar-refractivity contribution in [2.75, 3.05) is 7.11 Å². The van der Waals surface area contributed by atoms with Crippen molar-refractivity contribution in [3.63, 3.8) is 0 Å². The van der Waals surface area contributed by atoms with Crippen molar-refractivity contribution in [3.05, 3.63) is 65.7 Å². The molecule has 0 amide bonds. The highest BCUT2D eigenvalue weighted by molar-refractivity contribution is 5.74. The molecule has 0 aliphatic rings. The maximum Gasteiger partial charge on any atom is 0.161 e. The minimum atomic E-state index is 0.172. The number of hydrogen-bond acceptors (Lipinski definition) is 3. The minimum absolute atomic E-state index is 0.172. The van der Waals surface area contributed by atoms with E-state index in [1.54, 1.807) is 24.3 Å². The van der Waals surface area contributed by atoms with Gasteiger partial charge in [-0.05, 0) is 24.6 Å². The average molecular weight is 270 g/mol. The molecule has 20 heavy (non-hydrogen) atoms. The van der Waals surface area contributed by atoms with Gasteiger partial charge in [-0.1, -0.05) is 48.6 Å². The number of hydrogen-bond donors (Lipinski definition) is 1. The van der Waals surface area contributed by atoms with Gasteiger partial charge in [0.15, 0.2) is 11.5 Å². The summed E-state index contributed by atoms with van der Waals surface area (Å²) in [5.74, 6) is 0.677. The van der Waals surface area contributed by atoms with Gasteiger partial charge in [0.05, 0.1) is 7.11 Å². The van der Waals surface area contributed by atoms with Gasteiger partial charge < -0.3 is 9.84 Å². The zero-order chi connectivity index (χ0) is 14.8. The Kier molecular flexibility index (Phi) is 6.62. The lowest BCUT2D eigenvalue weighted by atomic mass is 10.2. The molecule has 104 valence electrons. The topological polar surface area (TPSA) is 46.5 Å². The first kappa shape index (κ1) is 15.5. The van der Waals surface area contributed by atoms with E-state index in [1.807, 2.05) is 43.3 Å².